The SMILES string of the molecule is C#CC1(F)CCNCC1.O=C(O)C(F)(F)F. The van der Waals surface area contributed by atoms with Gasteiger partial charge in [-0.3, -0.25) is 0 Å². The molecule has 1 aliphatic heterocycles. The second-order valence-corrected chi connectivity index (χ2v) is 3.16. The molecule has 0 aromatic carbocycles. The maximum atomic E-state index is 13.0. The monoisotopic (exact) mass is 241 g/mol. The van der Waals surface area contributed by atoms with Crippen LogP contribution in [0.1, 0.15) is 12.8 Å². The van der Waals surface area contributed by atoms with Crippen LogP contribution in [0, 0.1) is 12.3 Å². The maximum Gasteiger partial charge on any atom is 0.490 e. The average Bonchev–Trinajstić information content (AvgIpc) is 2.18. The van der Waals surface area contributed by atoms with Crippen LogP contribution >= 0.6 is 0 Å². The molecular formula is C9H11F4NO2. The largest absolute Gasteiger partial charge is 0.490 e. The Labute approximate surface area is 89.8 Å². The summed E-state index contributed by atoms with van der Waals surface area (Å²) in [5.41, 5.74) is -1.31. The topological polar surface area (TPSA) is 49.3 Å². The Kier molecular flexibility index (Phi) is 5.24. The highest BCUT2D eigenvalue weighted by molar-refractivity contribution is 5.73. The molecule has 0 aromatic heterocycles. The van der Waals surface area contributed by atoms with E-state index < -0.39 is 17.8 Å². The van der Waals surface area contributed by atoms with E-state index in [0.29, 0.717) is 25.9 Å². The fourth-order valence-electron chi connectivity index (χ4n) is 0.967. The minimum atomic E-state index is -5.08. The molecule has 1 aliphatic rings. The van der Waals surface area contributed by atoms with Crippen molar-refractivity contribution in [2.24, 2.45) is 0 Å². The van der Waals surface area contributed by atoms with Crippen molar-refractivity contribution in [1.29, 1.82) is 0 Å². The summed E-state index contributed by atoms with van der Waals surface area (Å²) >= 11 is 0. The van der Waals surface area contributed by atoms with Crippen molar-refractivity contribution in [3.05, 3.63) is 0 Å². The van der Waals surface area contributed by atoms with Crippen LogP contribution in [0.2, 0.25) is 0 Å². The molecule has 0 atom stereocenters. The summed E-state index contributed by atoms with van der Waals surface area (Å²) in [5.74, 6) is -0.583. The highest BCUT2D eigenvalue weighted by Crippen LogP contribution is 2.21. The number of aliphatic carboxylic acids is 1. The number of carbonyl (C=O) groups is 1. The van der Waals surface area contributed by atoms with Gasteiger partial charge in [0, 0.05) is 12.8 Å². The smallest absolute Gasteiger partial charge is 0.475 e. The molecule has 0 saturated carbocycles. The van der Waals surface area contributed by atoms with E-state index in [1.165, 1.54) is 0 Å². The van der Waals surface area contributed by atoms with E-state index in [2.05, 4.69) is 11.2 Å². The molecule has 0 spiro atoms. The van der Waals surface area contributed by atoms with Gasteiger partial charge < -0.3 is 10.4 Å². The number of halogens is 4. The zero-order valence-electron chi connectivity index (χ0n) is 8.27. The predicted molar refractivity (Wildman–Crippen MR) is 48.5 cm³/mol. The van der Waals surface area contributed by atoms with Gasteiger partial charge in [-0.1, -0.05) is 5.92 Å². The van der Waals surface area contributed by atoms with Crippen LogP contribution in [0.15, 0.2) is 0 Å². The molecule has 1 rings (SSSR count). The molecule has 0 bridgehead atoms. The van der Waals surface area contributed by atoms with Crippen LogP contribution in [-0.4, -0.2) is 36.0 Å². The van der Waals surface area contributed by atoms with Crippen LogP contribution in [-0.2, 0) is 4.79 Å². The highest BCUT2D eigenvalue weighted by atomic mass is 19.4. The summed E-state index contributed by atoms with van der Waals surface area (Å²) in [4.78, 5) is 8.90. The molecule has 1 heterocycles. The maximum absolute atomic E-state index is 13.0. The van der Waals surface area contributed by atoms with Gasteiger partial charge in [0.05, 0.1) is 0 Å². The molecule has 7 heteroatoms. The second-order valence-electron chi connectivity index (χ2n) is 3.16. The Morgan fingerprint density at radius 1 is 1.38 bits per heavy atom. The first-order chi connectivity index (χ1) is 7.21. The number of nitrogens with one attached hydrogen (secondary N) is 1. The number of piperidine rings is 1. The first-order valence-electron chi connectivity index (χ1n) is 4.39. The first-order valence-corrected chi connectivity index (χ1v) is 4.39. The summed E-state index contributed by atoms with van der Waals surface area (Å²) in [6, 6.07) is 0. The Bertz CT molecular complexity index is 276. The van der Waals surface area contributed by atoms with Crippen molar-refractivity contribution in [1.82, 2.24) is 5.32 Å². The zero-order valence-corrected chi connectivity index (χ0v) is 8.27. The molecule has 3 nitrogen and oxygen atoms in total. The summed E-state index contributed by atoms with van der Waals surface area (Å²) in [5, 5.41) is 10.2. The lowest BCUT2D eigenvalue weighted by atomic mass is 9.96. The van der Waals surface area contributed by atoms with Crippen LogP contribution in [0.5, 0.6) is 0 Å². The minimum absolute atomic E-state index is 0.462. The number of hydrogen-bond acceptors (Lipinski definition) is 2. The van der Waals surface area contributed by atoms with Gasteiger partial charge in [-0.2, -0.15) is 13.2 Å². The van der Waals surface area contributed by atoms with Gasteiger partial charge in [0.1, 0.15) is 0 Å². The van der Waals surface area contributed by atoms with E-state index in [-0.39, 0.29) is 0 Å². The van der Waals surface area contributed by atoms with E-state index in [4.69, 9.17) is 16.3 Å². The third-order valence-electron chi connectivity index (χ3n) is 1.90. The minimum Gasteiger partial charge on any atom is -0.475 e. The van der Waals surface area contributed by atoms with Gasteiger partial charge in [-0.15, -0.1) is 6.42 Å². The Balaban J connectivity index is 0.000000293. The van der Waals surface area contributed by atoms with Gasteiger partial charge in [-0.25, -0.2) is 9.18 Å². The van der Waals surface area contributed by atoms with Crippen molar-refractivity contribution >= 4 is 5.97 Å². The lowest BCUT2D eigenvalue weighted by molar-refractivity contribution is -0.192. The molecule has 0 radical (unpaired) electrons. The summed E-state index contributed by atoms with van der Waals surface area (Å²) < 4.78 is 44.8. The third-order valence-corrected chi connectivity index (χ3v) is 1.90. The number of alkyl halides is 4. The quantitative estimate of drug-likeness (QED) is 0.497. The molecule has 16 heavy (non-hydrogen) atoms. The van der Waals surface area contributed by atoms with Crippen LogP contribution in [0.3, 0.4) is 0 Å². The van der Waals surface area contributed by atoms with Crippen LogP contribution in [0.25, 0.3) is 0 Å². The number of rotatable bonds is 0. The lowest BCUT2D eigenvalue weighted by Crippen LogP contribution is -2.37. The normalized spacial score (nSPS) is 18.9. The van der Waals surface area contributed by atoms with Gasteiger partial charge in [0.2, 0.25) is 0 Å². The standard InChI is InChI=1S/C7H10FN.C2HF3O2/c1-2-7(8)3-5-9-6-4-7;3-2(4,5)1(6)7/h1,9H,3-6H2;(H,6,7). The number of carboxylic acid groups (broad SMARTS) is 1. The van der Waals surface area contributed by atoms with Crippen molar-refractivity contribution in [3.8, 4) is 12.3 Å². The summed E-state index contributed by atoms with van der Waals surface area (Å²) in [6.45, 7) is 1.42. The lowest BCUT2D eigenvalue weighted by Gasteiger charge is -2.24. The van der Waals surface area contributed by atoms with E-state index in [0.717, 1.165) is 0 Å². The van der Waals surface area contributed by atoms with Crippen LogP contribution < -0.4 is 5.32 Å². The molecule has 1 saturated heterocycles. The van der Waals surface area contributed by atoms with Gasteiger partial charge >= 0.3 is 12.1 Å². The molecule has 0 aromatic rings. The van der Waals surface area contributed by atoms with Crippen molar-refractivity contribution in [3.63, 3.8) is 0 Å². The van der Waals surface area contributed by atoms with E-state index >= 15 is 0 Å². The molecule has 0 aliphatic carbocycles. The predicted octanol–water partition coefficient (Wildman–Crippen LogP) is 1.34. The van der Waals surface area contributed by atoms with E-state index in [1.807, 2.05) is 0 Å². The second kappa shape index (κ2) is 5.70. The van der Waals surface area contributed by atoms with Crippen LogP contribution in [0.4, 0.5) is 17.6 Å². The number of terminal acetylenes is 1. The Morgan fingerprint density at radius 2 is 1.75 bits per heavy atom. The van der Waals surface area contributed by atoms with Gasteiger partial charge in [-0.05, 0) is 13.1 Å². The fraction of sp³-hybridized carbons (Fsp3) is 0.667. The number of carboxylic acids is 1. The average molecular weight is 241 g/mol. The molecule has 1 fully saturated rings. The van der Waals surface area contributed by atoms with Gasteiger partial charge in [0.25, 0.3) is 0 Å². The van der Waals surface area contributed by atoms with E-state index in [9.17, 15) is 17.6 Å². The van der Waals surface area contributed by atoms with Crippen molar-refractivity contribution < 1.29 is 27.5 Å². The van der Waals surface area contributed by atoms with E-state index in [1.54, 1.807) is 0 Å². The Morgan fingerprint density at radius 3 is 1.94 bits per heavy atom. The summed E-state index contributed by atoms with van der Waals surface area (Å²) in [6.07, 6.45) is 0.825. The molecule has 0 unspecified atom stereocenters. The van der Waals surface area contributed by atoms with Crippen molar-refractivity contribution in [2.45, 2.75) is 24.7 Å². The molecule has 0 amide bonds. The first kappa shape index (κ1) is 14.7. The van der Waals surface area contributed by atoms with Gasteiger partial charge in [0.15, 0.2) is 5.67 Å². The molecule has 92 valence electrons. The van der Waals surface area contributed by atoms with Crippen molar-refractivity contribution in [2.75, 3.05) is 13.1 Å². The molecular weight excluding hydrogens is 230 g/mol. The highest BCUT2D eigenvalue weighted by Gasteiger charge is 2.38. The Hall–Kier alpha value is -1.29. The zero-order chi connectivity index (χ0) is 12.8. The number of hydrogen-bond donors (Lipinski definition) is 2. The molecule has 2 N–H and O–H groups in total. The summed E-state index contributed by atoms with van der Waals surface area (Å²) in [7, 11) is 0. The fourth-order valence-corrected chi connectivity index (χ4v) is 0.967. The third kappa shape index (κ3) is 5.56.